The Morgan fingerprint density at radius 1 is 1.20 bits per heavy atom. The van der Waals surface area contributed by atoms with E-state index in [1.54, 1.807) is 0 Å². The molecule has 2 aromatic carbocycles. The third-order valence-electron chi connectivity index (χ3n) is 3.79. The van der Waals surface area contributed by atoms with Crippen molar-refractivity contribution in [3.63, 3.8) is 0 Å². The summed E-state index contributed by atoms with van der Waals surface area (Å²) < 4.78 is 26.9. The summed E-state index contributed by atoms with van der Waals surface area (Å²) in [7, 11) is 0. The molecule has 1 amide bonds. The van der Waals surface area contributed by atoms with Crippen LogP contribution in [0.1, 0.15) is 23.6 Å². The van der Waals surface area contributed by atoms with Crippen molar-refractivity contribution in [2.24, 2.45) is 5.10 Å². The molecule has 0 aromatic heterocycles. The second-order valence-corrected chi connectivity index (χ2v) is 5.40. The molecule has 0 aliphatic carbocycles. The van der Waals surface area contributed by atoms with E-state index >= 15 is 0 Å². The van der Waals surface area contributed by atoms with Gasteiger partial charge in [-0.25, -0.2) is 13.6 Å². The smallest absolute Gasteiger partial charge is 0.428 e. The van der Waals surface area contributed by atoms with E-state index in [9.17, 15) is 28.8 Å². The van der Waals surface area contributed by atoms with Crippen molar-refractivity contribution in [1.82, 2.24) is 5.01 Å². The predicted molar refractivity (Wildman–Crippen MR) is 83.2 cm³/mol. The van der Waals surface area contributed by atoms with E-state index in [1.165, 1.54) is 24.3 Å². The highest BCUT2D eigenvalue weighted by Gasteiger charge is 2.33. The Hall–Kier alpha value is -3.36. The van der Waals surface area contributed by atoms with Crippen molar-refractivity contribution in [3.05, 3.63) is 75.3 Å². The van der Waals surface area contributed by atoms with Crippen molar-refractivity contribution in [2.75, 3.05) is 0 Å². The molecule has 1 aliphatic heterocycles. The maximum absolute atomic E-state index is 13.4. The lowest BCUT2D eigenvalue weighted by atomic mass is 9.98. The third kappa shape index (κ3) is 3.30. The summed E-state index contributed by atoms with van der Waals surface area (Å²) in [6.07, 6.45) is -1.28. The molecule has 9 heteroatoms. The summed E-state index contributed by atoms with van der Waals surface area (Å²) in [6, 6.07) is 7.37. The molecule has 0 saturated heterocycles. The van der Waals surface area contributed by atoms with E-state index in [0.29, 0.717) is 17.3 Å². The largest absolute Gasteiger partial charge is 0.464 e. The lowest BCUT2D eigenvalue weighted by Crippen LogP contribution is -2.25. The topological polar surface area (TPSA) is 96.0 Å². The van der Waals surface area contributed by atoms with E-state index in [2.05, 4.69) is 5.10 Å². The number of amides is 1. The first-order chi connectivity index (χ1) is 11.8. The number of non-ortho nitro benzene ring substituents is 1. The van der Waals surface area contributed by atoms with E-state index in [4.69, 9.17) is 0 Å². The Kier molecular flexibility index (Phi) is 4.14. The fourth-order valence-electron chi connectivity index (χ4n) is 2.66. The average Bonchev–Trinajstić information content (AvgIpc) is 2.99. The number of nitro groups is 1. The van der Waals surface area contributed by atoms with Crippen LogP contribution in [0.3, 0.4) is 0 Å². The average molecular weight is 347 g/mol. The van der Waals surface area contributed by atoms with Crippen LogP contribution in [0.25, 0.3) is 0 Å². The number of halogens is 2. The van der Waals surface area contributed by atoms with Gasteiger partial charge in [0.15, 0.2) is 0 Å². The van der Waals surface area contributed by atoms with Crippen LogP contribution in [-0.2, 0) is 0 Å². The molecule has 1 atom stereocenters. The Bertz CT molecular complexity index is 863. The van der Waals surface area contributed by atoms with Crippen LogP contribution in [-0.4, -0.2) is 26.8 Å². The Balaban J connectivity index is 1.94. The molecule has 1 heterocycles. The fourth-order valence-corrected chi connectivity index (χ4v) is 2.66. The van der Waals surface area contributed by atoms with E-state index in [-0.39, 0.29) is 17.7 Å². The summed E-state index contributed by atoms with van der Waals surface area (Å²) in [4.78, 5) is 21.6. The van der Waals surface area contributed by atoms with Gasteiger partial charge in [-0.2, -0.15) is 10.1 Å². The van der Waals surface area contributed by atoms with Crippen molar-refractivity contribution >= 4 is 17.5 Å². The predicted octanol–water partition coefficient (Wildman–Crippen LogP) is 3.70. The molecule has 0 bridgehead atoms. The highest BCUT2D eigenvalue weighted by Crippen LogP contribution is 2.33. The number of hydrogen-bond donors (Lipinski definition) is 1. The molecule has 128 valence electrons. The van der Waals surface area contributed by atoms with Crippen molar-refractivity contribution in [2.45, 2.75) is 12.5 Å². The number of hydrazone groups is 1. The van der Waals surface area contributed by atoms with Gasteiger partial charge in [-0.3, -0.25) is 10.1 Å². The summed E-state index contributed by atoms with van der Waals surface area (Å²) in [6.45, 7) is 0. The summed E-state index contributed by atoms with van der Waals surface area (Å²) in [5, 5.41) is 24.7. The van der Waals surface area contributed by atoms with Crippen LogP contribution < -0.4 is 0 Å². The zero-order valence-corrected chi connectivity index (χ0v) is 12.6. The minimum atomic E-state index is -1.37. The van der Waals surface area contributed by atoms with Crippen molar-refractivity contribution in [3.8, 4) is 0 Å². The minimum absolute atomic E-state index is 0.0903. The maximum atomic E-state index is 13.4. The summed E-state index contributed by atoms with van der Waals surface area (Å²) in [5.41, 5.74) is 0.880. The van der Waals surface area contributed by atoms with Gasteiger partial charge in [0.2, 0.25) is 0 Å². The van der Waals surface area contributed by atoms with Gasteiger partial charge in [0.05, 0.1) is 16.7 Å². The molecule has 0 saturated carbocycles. The Labute approximate surface area is 140 Å². The monoisotopic (exact) mass is 347 g/mol. The number of nitro benzene ring substituents is 1. The molecule has 0 radical (unpaired) electrons. The Morgan fingerprint density at radius 2 is 1.80 bits per heavy atom. The van der Waals surface area contributed by atoms with Crippen molar-refractivity contribution < 1.29 is 23.6 Å². The highest BCUT2D eigenvalue weighted by atomic mass is 19.1. The molecule has 0 fully saturated rings. The van der Waals surface area contributed by atoms with Gasteiger partial charge in [0.1, 0.15) is 11.6 Å². The summed E-state index contributed by atoms with van der Waals surface area (Å²) in [5.74, 6) is -1.63. The first kappa shape index (κ1) is 16.5. The molecule has 3 rings (SSSR count). The lowest BCUT2D eigenvalue weighted by Gasteiger charge is -2.18. The van der Waals surface area contributed by atoms with E-state index in [1.807, 2.05) is 0 Å². The number of carboxylic acid groups (broad SMARTS) is 1. The van der Waals surface area contributed by atoms with Gasteiger partial charge in [-0.1, -0.05) is 0 Å². The zero-order chi connectivity index (χ0) is 18.1. The molecule has 1 aliphatic rings. The second-order valence-electron chi connectivity index (χ2n) is 5.40. The van der Waals surface area contributed by atoms with Gasteiger partial charge < -0.3 is 5.11 Å². The molecule has 0 spiro atoms. The first-order valence-corrected chi connectivity index (χ1v) is 7.15. The highest BCUT2D eigenvalue weighted by molar-refractivity contribution is 6.02. The molecule has 7 nitrogen and oxygen atoms in total. The number of benzene rings is 2. The van der Waals surface area contributed by atoms with Crippen LogP contribution >= 0.6 is 0 Å². The van der Waals surface area contributed by atoms with Crippen LogP contribution in [0.5, 0.6) is 0 Å². The van der Waals surface area contributed by atoms with Gasteiger partial charge in [-0.15, -0.1) is 0 Å². The minimum Gasteiger partial charge on any atom is -0.464 e. The standard InChI is InChI=1S/C16H11F2N3O4/c17-11-5-10(6-12(18)7-11)15-8-14(19-20(15)16(22)23)9-1-3-13(4-2-9)21(24)25/h1-7,15H,8H2,(H,22,23)/t15-/m1/s1. The van der Waals surface area contributed by atoms with Gasteiger partial charge in [-0.05, 0) is 35.4 Å². The molecular formula is C16H11F2N3O4. The third-order valence-corrected chi connectivity index (χ3v) is 3.79. The van der Waals surface area contributed by atoms with Crippen LogP contribution in [0.15, 0.2) is 47.6 Å². The number of carbonyl (C=O) groups is 1. The molecule has 1 N–H and O–H groups in total. The number of nitrogens with zero attached hydrogens (tertiary/aromatic N) is 3. The zero-order valence-electron chi connectivity index (χ0n) is 12.6. The molecule has 2 aromatic rings. The van der Waals surface area contributed by atoms with Gasteiger partial charge in [0.25, 0.3) is 5.69 Å². The maximum Gasteiger partial charge on any atom is 0.428 e. The van der Waals surface area contributed by atoms with Gasteiger partial charge >= 0.3 is 6.09 Å². The van der Waals surface area contributed by atoms with Gasteiger partial charge in [0, 0.05) is 24.6 Å². The van der Waals surface area contributed by atoms with E-state index < -0.39 is 28.7 Å². The first-order valence-electron chi connectivity index (χ1n) is 7.15. The molecule has 25 heavy (non-hydrogen) atoms. The number of hydrogen-bond acceptors (Lipinski definition) is 4. The normalized spacial score (nSPS) is 16.6. The Morgan fingerprint density at radius 3 is 2.32 bits per heavy atom. The number of rotatable bonds is 3. The SMILES string of the molecule is O=C(O)N1N=C(c2ccc([N+](=O)[O-])cc2)C[C@@H]1c1cc(F)cc(F)c1. The van der Waals surface area contributed by atoms with Crippen LogP contribution in [0, 0.1) is 21.7 Å². The fraction of sp³-hybridized carbons (Fsp3) is 0.125. The lowest BCUT2D eigenvalue weighted by molar-refractivity contribution is -0.384. The summed E-state index contributed by atoms with van der Waals surface area (Å²) >= 11 is 0. The van der Waals surface area contributed by atoms with Crippen LogP contribution in [0.2, 0.25) is 0 Å². The quantitative estimate of drug-likeness (QED) is 0.676. The second kappa shape index (κ2) is 6.27. The van der Waals surface area contributed by atoms with Crippen LogP contribution in [0.4, 0.5) is 19.3 Å². The molecule has 0 unspecified atom stereocenters. The van der Waals surface area contributed by atoms with E-state index in [0.717, 1.165) is 17.1 Å². The van der Waals surface area contributed by atoms with Crippen molar-refractivity contribution in [1.29, 1.82) is 0 Å². The molecular weight excluding hydrogens is 336 g/mol.